The molecule has 1 nitrogen and oxygen atoms in total. The van der Waals surface area contributed by atoms with Crippen LogP contribution in [0, 0.1) is 6.92 Å². The first kappa shape index (κ1) is 11.5. The molecule has 1 aromatic rings. The van der Waals surface area contributed by atoms with Gasteiger partial charge in [0, 0.05) is 4.88 Å². The fourth-order valence-corrected chi connectivity index (χ4v) is 2.08. The molecule has 0 aliphatic heterocycles. The summed E-state index contributed by atoms with van der Waals surface area (Å²) in [5.74, 6) is 0. The summed E-state index contributed by atoms with van der Waals surface area (Å²) in [6, 6.07) is 2.17. The van der Waals surface area contributed by atoms with Gasteiger partial charge in [0.1, 0.15) is 0 Å². The van der Waals surface area contributed by atoms with Crippen molar-refractivity contribution in [1.82, 2.24) is 5.32 Å². The molecule has 0 radical (unpaired) electrons. The maximum absolute atomic E-state index is 3.38. The Balaban J connectivity index is 2.18. The standard InChI is InChI=1S/C12H19NS/c1-3-8-13-9-5-4-6-12-11(2)7-10-14-12/h4,6-7,10,13H,3,5,8-9H2,1-2H3. The summed E-state index contributed by atoms with van der Waals surface area (Å²) < 4.78 is 0. The minimum Gasteiger partial charge on any atom is -0.316 e. The molecule has 0 bridgehead atoms. The molecule has 0 aliphatic carbocycles. The summed E-state index contributed by atoms with van der Waals surface area (Å²) in [5, 5.41) is 5.53. The van der Waals surface area contributed by atoms with Gasteiger partial charge in [-0.05, 0) is 55.9 Å². The molecule has 1 aromatic heterocycles. The Bertz CT molecular complexity index is 276. The van der Waals surface area contributed by atoms with Gasteiger partial charge in [0.2, 0.25) is 0 Å². The normalized spacial score (nSPS) is 11.3. The molecule has 0 unspecified atom stereocenters. The van der Waals surface area contributed by atoms with Crippen LogP contribution in [-0.2, 0) is 0 Å². The summed E-state index contributed by atoms with van der Waals surface area (Å²) in [5.41, 5.74) is 1.38. The van der Waals surface area contributed by atoms with E-state index in [2.05, 4.69) is 42.8 Å². The van der Waals surface area contributed by atoms with Gasteiger partial charge in [0.05, 0.1) is 0 Å². The van der Waals surface area contributed by atoms with E-state index in [1.54, 1.807) is 0 Å². The van der Waals surface area contributed by atoms with Crippen molar-refractivity contribution in [3.63, 3.8) is 0 Å². The fraction of sp³-hybridized carbons (Fsp3) is 0.500. The van der Waals surface area contributed by atoms with Gasteiger partial charge in [-0.1, -0.05) is 13.0 Å². The van der Waals surface area contributed by atoms with Crippen LogP contribution >= 0.6 is 11.3 Å². The highest BCUT2D eigenvalue weighted by Crippen LogP contribution is 2.16. The molecule has 14 heavy (non-hydrogen) atoms. The maximum Gasteiger partial charge on any atom is 0.0296 e. The zero-order chi connectivity index (χ0) is 10.2. The average molecular weight is 209 g/mol. The third-order valence-corrected chi connectivity index (χ3v) is 3.07. The van der Waals surface area contributed by atoms with E-state index in [4.69, 9.17) is 0 Å². The molecular weight excluding hydrogens is 190 g/mol. The van der Waals surface area contributed by atoms with Gasteiger partial charge < -0.3 is 5.32 Å². The first-order valence-electron chi connectivity index (χ1n) is 5.26. The highest BCUT2D eigenvalue weighted by Gasteiger charge is 1.92. The van der Waals surface area contributed by atoms with E-state index in [1.165, 1.54) is 16.9 Å². The number of rotatable bonds is 6. The predicted octanol–water partition coefficient (Wildman–Crippen LogP) is 3.46. The van der Waals surface area contributed by atoms with E-state index in [0.717, 1.165) is 19.5 Å². The first-order valence-corrected chi connectivity index (χ1v) is 6.14. The number of thiophene rings is 1. The highest BCUT2D eigenvalue weighted by molar-refractivity contribution is 7.11. The van der Waals surface area contributed by atoms with Crippen LogP contribution in [0.5, 0.6) is 0 Å². The molecule has 1 heterocycles. The fourth-order valence-electron chi connectivity index (χ4n) is 1.23. The summed E-state index contributed by atoms with van der Waals surface area (Å²) >= 11 is 1.81. The minimum absolute atomic E-state index is 1.09. The second kappa shape index (κ2) is 6.80. The van der Waals surface area contributed by atoms with Crippen molar-refractivity contribution in [3.8, 4) is 0 Å². The monoisotopic (exact) mass is 209 g/mol. The number of aryl methyl sites for hydroxylation is 1. The summed E-state index contributed by atoms with van der Waals surface area (Å²) in [6.45, 7) is 6.57. The first-order chi connectivity index (χ1) is 6.84. The lowest BCUT2D eigenvalue weighted by atomic mass is 10.2. The van der Waals surface area contributed by atoms with Crippen LogP contribution in [-0.4, -0.2) is 13.1 Å². The lowest BCUT2D eigenvalue weighted by Crippen LogP contribution is -2.14. The van der Waals surface area contributed by atoms with Crippen molar-refractivity contribution >= 4 is 17.4 Å². The van der Waals surface area contributed by atoms with Crippen molar-refractivity contribution < 1.29 is 0 Å². The second-order valence-corrected chi connectivity index (χ2v) is 4.36. The van der Waals surface area contributed by atoms with Gasteiger partial charge in [-0.25, -0.2) is 0 Å². The second-order valence-electron chi connectivity index (χ2n) is 3.41. The van der Waals surface area contributed by atoms with Crippen LogP contribution in [0.3, 0.4) is 0 Å². The Morgan fingerprint density at radius 3 is 2.93 bits per heavy atom. The van der Waals surface area contributed by atoms with E-state index in [9.17, 15) is 0 Å². The highest BCUT2D eigenvalue weighted by atomic mass is 32.1. The van der Waals surface area contributed by atoms with Gasteiger partial charge in [0.25, 0.3) is 0 Å². The van der Waals surface area contributed by atoms with Crippen LogP contribution in [0.1, 0.15) is 30.2 Å². The minimum atomic E-state index is 1.09. The van der Waals surface area contributed by atoms with Crippen molar-refractivity contribution in [3.05, 3.63) is 28.0 Å². The molecule has 0 saturated heterocycles. The molecule has 0 fully saturated rings. The lowest BCUT2D eigenvalue weighted by Gasteiger charge is -1.97. The van der Waals surface area contributed by atoms with Gasteiger partial charge >= 0.3 is 0 Å². The molecular formula is C12H19NS. The maximum atomic E-state index is 3.38. The third-order valence-electron chi connectivity index (χ3n) is 2.09. The Morgan fingerprint density at radius 2 is 2.29 bits per heavy atom. The third kappa shape index (κ3) is 4.07. The van der Waals surface area contributed by atoms with Crippen LogP contribution in [0.2, 0.25) is 0 Å². The molecule has 2 heteroatoms. The predicted molar refractivity (Wildman–Crippen MR) is 65.9 cm³/mol. The van der Waals surface area contributed by atoms with Gasteiger partial charge in [-0.2, -0.15) is 0 Å². The smallest absolute Gasteiger partial charge is 0.0296 e. The zero-order valence-corrected chi connectivity index (χ0v) is 9.86. The summed E-state index contributed by atoms with van der Waals surface area (Å²) in [7, 11) is 0. The van der Waals surface area contributed by atoms with Crippen LogP contribution in [0.25, 0.3) is 6.08 Å². The van der Waals surface area contributed by atoms with E-state index in [1.807, 2.05) is 11.3 Å². The van der Waals surface area contributed by atoms with E-state index in [-0.39, 0.29) is 0 Å². The average Bonchev–Trinajstić information content (AvgIpc) is 2.58. The quantitative estimate of drug-likeness (QED) is 0.707. The molecule has 0 aliphatic rings. The lowest BCUT2D eigenvalue weighted by molar-refractivity contribution is 0.679. The van der Waals surface area contributed by atoms with E-state index in [0.29, 0.717) is 0 Å². The Kier molecular flexibility index (Phi) is 5.57. The van der Waals surface area contributed by atoms with Crippen molar-refractivity contribution in [2.24, 2.45) is 0 Å². The van der Waals surface area contributed by atoms with Gasteiger partial charge in [-0.15, -0.1) is 11.3 Å². The Hall–Kier alpha value is -0.600. The number of hydrogen-bond donors (Lipinski definition) is 1. The summed E-state index contributed by atoms with van der Waals surface area (Å²) in [4.78, 5) is 1.39. The molecule has 0 spiro atoms. The van der Waals surface area contributed by atoms with E-state index < -0.39 is 0 Å². The number of nitrogens with one attached hydrogen (secondary N) is 1. The van der Waals surface area contributed by atoms with E-state index >= 15 is 0 Å². The molecule has 0 aromatic carbocycles. The Labute approximate surface area is 90.9 Å². The molecule has 1 N–H and O–H groups in total. The zero-order valence-electron chi connectivity index (χ0n) is 9.05. The molecule has 0 atom stereocenters. The van der Waals surface area contributed by atoms with Crippen LogP contribution in [0.4, 0.5) is 0 Å². The largest absolute Gasteiger partial charge is 0.316 e. The topological polar surface area (TPSA) is 12.0 Å². The van der Waals surface area contributed by atoms with Crippen LogP contribution < -0.4 is 5.32 Å². The summed E-state index contributed by atoms with van der Waals surface area (Å²) in [6.07, 6.45) is 6.82. The van der Waals surface area contributed by atoms with Crippen molar-refractivity contribution in [1.29, 1.82) is 0 Å². The molecule has 1 rings (SSSR count). The van der Waals surface area contributed by atoms with Crippen LogP contribution in [0.15, 0.2) is 17.5 Å². The molecule has 0 saturated carbocycles. The molecule has 78 valence electrons. The number of hydrogen-bond acceptors (Lipinski definition) is 2. The van der Waals surface area contributed by atoms with Crippen molar-refractivity contribution in [2.75, 3.05) is 13.1 Å². The molecule has 0 amide bonds. The van der Waals surface area contributed by atoms with Gasteiger partial charge in [0.15, 0.2) is 0 Å². The van der Waals surface area contributed by atoms with Crippen molar-refractivity contribution in [2.45, 2.75) is 26.7 Å². The Morgan fingerprint density at radius 1 is 1.43 bits per heavy atom. The SMILES string of the molecule is CCCNCCC=Cc1sccc1C. The van der Waals surface area contributed by atoms with Gasteiger partial charge in [-0.3, -0.25) is 0 Å².